The van der Waals surface area contributed by atoms with E-state index in [1.165, 1.54) is 12.8 Å². The van der Waals surface area contributed by atoms with Gasteiger partial charge in [0.05, 0.1) is 5.69 Å². The molecule has 122 valence electrons. The van der Waals surface area contributed by atoms with Gasteiger partial charge in [-0.05, 0) is 64.2 Å². The Morgan fingerprint density at radius 1 is 1.32 bits per heavy atom. The molecule has 2 atom stereocenters. The third-order valence-electron chi connectivity index (χ3n) is 5.17. The van der Waals surface area contributed by atoms with Crippen molar-refractivity contribution in [3.8, 4) is 0 Å². The lowest BCUT2D eigenvalue weighted by Gasteiger charge is -2.33. The molecule has 1 aromatic rings. The van der Waals surface area contributed by atoms with E-state index in [-0.39, 0.29) is 5.91 Å². The minimum atomic E-state index is 0.236. The minimum Gasteiger partial charge on any atom is -0.344 e. The van der Waals surface area contributed by atoms with E-state index in [1.807, 2.05) is 6.92 Å². The van der Waals surface area contributed by atoms with Crippen LogP contribution in [0.4, 0.5) is 0 Å². The second kappa shape index (κ2) is 6.59. The SMILES string of the molecule is Cc1noc(Cl)c1CCC(=O)N1CCCC1C1CCCN1C. The lowest BCUT2D eigenvalue weighted by molar-refractivity contribution is -0.132. The highest BCUT2D eigenvalue weighted by Crippen LogP contribution is 2.30. The van der Waals surface area contributed by atoms with Crippen LogP contribution in [0.25, 0.3) is 0 Å². The molecule has 3 rings (SSSR count). The summed E-state index contributed by atoms with van der Waals surface area (Å²) in [5.41, 5.74) is 1.65. The molecule has 2 unspecified atom stereocenters. The normalized spacial score (nSPS) is 26.0. The average Bonchev–Trinajstić information content (AvgIpc) is 3.18. The van der Waals surface area contributed by atoms with E-state index in [4.69, 9.17) is 16.1 Å². The van der Waals surface area contributed by atoms with Crippen LogP contribution in [0.5, 0.6) is 0 Å². The topological polar surface area (TPSA) is 49.6 Å². The van der Waals surface area contributed by atoms with Crippen molar-refractivity contribution in [1.82, 2.24) is 15.0 Å². The van der Waals surface area contributed by atoms with Crippen molar-refractivity contribution in [3.63, 3.8) is 0 Å². The van der Waals surface area contributed by atoms with Crippen LogP contribution in [0.1, 0.15) is 43.4 Å². The maximum Gasteiger partial charge on any atom is 0.229 e. The van der Waals surface area contributed by atoms with Gasteiger partial charge in [-0.2, -0.15) is 0 Å². The number of aryl methyl sites for hydroxylation is 1. The fourth-order valence-corrected chi connectivity index (χ4v) is 4.21. The lowest BCUT2D eigenvalue weighted by atomic mass is 10.0. The van der Waals surface area contributed by atoms with Crippen LogP contribution in [0.2, 0.25) is 5.22 Å². The molecule has 6 heteroatoms. The number of likely N-dealkylation sites (tertiary alicyclic amines) is 2. The number of rotatable bonds is 4. The summed E-state index contributed by atoms with van der Waals surface area (Å²) in [6, 6.07) is 0.923. The van der Waals surface area contributed by atoms with Crippen LogP contribution in [0.3, 0.4) is 0 Å². The van der Waals surface area contributed by atoms with Gasteiger partial charge in [-0.15, -0.1) is 0 Å². The molecule has 3 heterocycles. The Balaban J connectivity index is 1.61. The molecule has 22 heavy (non-hydrogen) atoms. The summed E-state index contributed by atoms with van der Waals surface area (Å²) in [6.45, 7) is 3.91. The first kappa shape index (κ1) is 15.8. The molecule has 1 amide bonds. The summed E-state index contributed by atoms with van der Waals surface area (Å²) < 4.78 is 4.95. The van der Waals surface area contributed by atoms with Gasteiger partial charge in [0, 0.05) is 30.6 Å². The molecule has 0 radical (unpaired) electrons. The van der Waals surface area contributed by atoms with Gasteiger partial charge in [0.15, 0.2) is 0 Å². The Morgan fingerprint density at radius 3 is 2.68 bits per heavy atom. The van der Waals surface area contributed by atoms with Gasteiger partial charge in [-0.25, -0.2) is 0 Å². The average molecular weight is 326 g/mol. The van der Waals surface area contributed by atoms with Gasteiger partial charge in [0.25, 0.3) is 0 Å². The number of likely N-dealkylation sites (N-methyl/N-ethyl adjacent to an activating group) is 1. The van der Waals surface area contributed by atoms with E-state index in [2.05, 4.69) is 22.0 Å². The predicted octanol–water partition coefficient (Wildman–Crippen LogP) is 2.65. The van der Waals surface area contributed by atoms with Gasteiger partial charge < -0.3 is 14.3 Å². The Kier molecular flexibility index (Phi) is 4.73. The van der Waals surface area contributed by atoms with Gasteiger partial charge in [0.1, 0.15) is 0 Å². The fraction of sp³-hybridized carbons (Fsp3) is 0.750. The third kappa shape index (κ3) is 3.01. The maximum absolute atomic E-state index is 12.7. The molecule has 0 saturated carbocycles. The highest BCUT2D eigenvalue weighted by atomic mass is 35.5. The zero-order chi connectivity index (χ0) is 15.7. The van der Waals surface area contributed by atoms with Gasteiger partial charge >= 0.3 is 0 Å². The van der Waals surface area contributed by atoms with E-state index in [0.717, 1.165) is 37.2 Å². The zero-order valence-corrected chi connectivity index (χ0v) is 14.1. The first-order valence-corrected chi connectivity index (χ1v) is 8.56. The zero-order valence-electron chi connectivity index (χ0n) is 13.3. The van der Waals surface area contributed by atoms with E-state index in [0.29, 0.717) is 30.1 Å². The van der Waals surface area contributed by atoms with Crippen molar-refractivity contribution in [3.05, 3.63) is 16.5 Å². The van der Waals surface area contributed by atoms with Crippen LogP contribution in [-0.2, 0) is 11.2 Å². The Bertz CT molecular complexity index is 526. The number of carbonyl (C=O) groups excluding carboxylic acids is 1. The van der Waals surface area contributed by atoms with Crippen molar-refractivity contribution in [1.29, 1.82) is 0 Å². The number of carbonyl (C=O) groups is 1. The van der Waals surface area contributed by atoms with Gasteiger partial charge in [0.2, 0.25) is 11.1 Å². The third-order valence-corrected chi connectivity index (χ3v) is 5.46. The first-order valence-electron chi connectivity index (χ1n) is 8.18. The van der Waals surface area contributed by atoms with Crippen molar-refractivity contribution < 1.29 is 9.32 Å². The standard InChI is InChI=1S/C16H24ClN3O2/c1-11-12(16(17)22-18-11)7-8-15(21)20-10-4-6-14(20)13-5-3-9-19(13)2/h13-14H,3-10H2,1-2H3. The van der Waals surface area contributed by atoms with E-state index in [9.17, 15) is 4.79 Å². The molecule has 0 N–H and O–H groups in total. The fourth-order valence-electron chi connectivity index (χ4n) is 3.94. The molecular weight excluding hydrogens is 302 g/mol. The molecule has 0 aromatic carbocycles. The quantitative estimate of drug-likeness (QED) is 0.854. The largest absolute Gasteiger partial charge is 0.344 e. The number of amides is 1. The number of aromatic nitrogens is 1. The van der Waals surface area contributed by atoms with Crippen molar-refractivity contribution >= 4 is 17.5 Å². The predicted molar refractivity (Wildman–Crippen MR) is 85.0 cm³/mol. The molecule has 2 saturated heterocycles. The smallest absolute Gasteiger partial charge is 0.229 e. The van der Waals surface area contributed by atoms with E-state index in [1.54, 1.807) is 0 Å². The summed E-state index contributed by atoms with van der Waals surface area (Å²) in [6.07, 6.45) is 5.80. The second-order valence-electron chi connectivity index (χ2n) is 6.51. The van der Waals surface area contributed by atoms with Crippen LogP contribution in [-0.4, -0.2) is 53.1 Å². The monoisotopic (exact) mass is 325 g/mol. The molecule has 0 aliphatic carbocycles. The maximum atomic E-state index is 12.7. The Morgan fingerprint density at radius 2 is 2.05 bits per heavy atom. The summed E-state index contributed by atoms with van der Waals surface area (Å²) in [7, 11) is 2.18. The number of nitrogens with zero attached hydrogens (tertiary/aromatic N) is 3. The Hall–Kier alpha value is -1.07. The van der Waals surface area contributed by atoms with Crippen LogP contribution < -0.4 is 0 Å². The van der Waals surface area contributed by atoms with E-state index < -0.39 is 0 Å². The van der Waals surface area contributed by atoms with Crippen molar-refractivity contribution in [2.75, 3.05) is 20.1 Å². The molecule has 2 fully saturated rings. The van der Waals surface area contributed by atoms with Gasteiger partial charge in [-0.3, -0.25) is 4.79 Å². The summed E-state index contributed by atoms with van der Waals surface area (Å²) in [5, 5.41) is 4.16. The summed E-state index contributed by atoms with van der Waals surface area (Å²) in [5.74, 6) is 0.236. The molecule has 2 aliphatic heterocycles. The number of hydrogen-bond donors (Lipinski definition) is 0. The summed E-state index contributed by atoms with van der Waals surface area (Å²) in [4.78, 5) is 17.2. The molecule has 0 bridgehead atoms. The minimum absolute atomic E-state index is 0.236. The van der Waals surface area contributed by atoms with Crippen LogP contribution >= 0.6 is 11.6 Å². The lowest BCUT2D eigenvalue weighted by Crippen LogP contribution is -2.47. The Labute approximate surface area is 136 Å². The second-order valence-corrected chi connectivity index (χ2v) is 6.85. The molecule has 1 aromatic heterocycles. The number of halogens is 1. The first-order chi connectivity index (χ1) is 10.6. The molecule has 5 nitrogen and oxygen atoms in total. The highest BCUT2D eigenvalue weighted by Gasteiger charge is 2.38. The van der Waals surface area contributed by atoms with Gasteiger partial charge in [-0.1, -0.05) is 5.16 Å². The van der Waals surface area contributed by atoms with Crippen LogP contribution in [0.15, 0.2) is 4.52 Å². The van der Waals surface area contributed by atoms with E-state index >= 15 is 0 Å². The van der Waals surface area contributed by atoms with Crippen molar-refractivity contribution in [2.45, 2.75) is 57.5 Å². The molecule has 2 aliphatic rings. The number of hydrogen-bond acceptors (Lipinski definition) is 4. The summed E-state index contributed by atoms with van der Waals surface area (Å²) >= 11 is 5.98. The molecular formula is C16H24ClN3O2. The molecule has 0 spiro atoms. The highest BCUT2D eigenvalue weighted by molar-refractivity contribution is 6.29. The van der Waals surface area contributed by atoms with Crippen LogP contribution in [0, 0.1) is 6.92 Å². The van der Waals surface area contributed by atoms with Crippen molar-refractivity contribution in [2.24, 2.45) is 0 Å².